The number of aromatic nitrogens is 1. The second-order valence-electron chi connectivity index (χ2n) is 3.78. The zero-order chi connectivity index (χ0) is 10.8. The standard InChI is InChI=1S/C9H15BrN2OS/c1-4-12(6-9(2,3)13)8-11-7(10)5-14-8/h5,13H,4,6H2,1-3H3. The van der Waals surface area contributed by atoms with Crippen LogP contribution in [-0.2, 0) is 0 Å². The van der Waals surface area contributed by atoms with Crippen molar-refractivity contribution in [3.05, 3.63) is 9.98 Å². The molecule has 0 atom stereocenters. The van der Waals surface area contributed by atoms with Crippen LogP contribution in [0.25, 0.3) is 0 Å². The largest absolute Gasteiger partial charge is 0.389 e. The minimum absolute atomic E-state index is 0.601. The van der Waals surface area contributed by atoms with Crippen LogP contribution >= 0.6 is 27.3 Å². The first-order valence-corrected chi connectivity index (χ1v) is 6.18. The van der Waals surface area contributed by atoms with Gasteiger partial charge in [0.2, 0.25) is 0 Å². The third-order valence-corrected chi connectivity index (χ3v) is 3.30. The summed E-state index contributed by atoms with van der Waals surface area (Å²) in [6.45, 7) is 7.12. The zero-order valence-electron chi connectivity index (χ0n) is 8.62. The Bertz CT molecular complexity index is 295. The topological polar surface area (TPSA) is 36.4 Å². The highest BCUT2D eigenvalue weighted by atomic mass is 79.9. The lowest BCUT2D eigenvalue weighted by Gasteiger charge is -2.27. The van der Waals surface area contributed by atoms with Gasteiger partial charge < -0.3 is 10.0 Å². The Morgan fingerprint density at radius 3 is 2.64 bits per heavy atom. The molecule has 0 aliphatic carbocycles. The average molecular weight is 279 g/mol. The first-order valence-electron chi connectivity index (χ1n) is 4.51. The molecule has 1 heterocycles. The Hall–Kier alpha value is -0.130. The van der Waals surface area contributed by atoms with Gasteiger partial charge in [-0.2, -0.15) is 0 Å². The summed E-state index contributed by atoms with van der Waals surface area (Å²) in [6.07, 6.45) is 0. The van der Waals surface area contributed by atoms with E-state index in [9.17, 15) is 5.11 Å². The molecule has 0 bridgehead atoms. The van der Waals surface area contributed by atoms with Crippen LogP contribution in [0, 0.1) is 0 Å². The van der Waals surface area contributed by atoms with Gasteiger partial charge in [0.25, 0.3) is 0 Å². The van der Waals surface area contributed by atoms with Gasteiger partial charge in [-0.05, 0) is 36.7 Å². The molecule has 1 rings (SSSR count). The lowest BCUT2D eigenvalue weighted by molar-refractivity contribution is 0.0876. The van der Waals surface area contributed by atoms with E-state index in [0.29, 0.717) is 6.54 Å². The Morgan fingerprint density at radius 1 is 1.64 bits per heavy atom. The highest BCUT2D eigenvalue weighted by molar-refractivity contribution is 9.10. The molecule has 0 spiro atoms. The highest BCUT2D eigenvalue weighted by Crippen LogP contribution is 2.24. The van der Waals surface area contributed by atoms with Crippen molar-refractivity contribution in [1.29, 1.82) is 0 Å². The lowest BCUT2D eigenvalue weighted by atomic mass is 10.1. The molecule has 3 nitrogen and oxygen atoms in total. The summed E-state index contributed by atoms with van der Waals surface area (Å²) in [4.78, 5) is 6.38. The Kier molecular flexibility index (Phi) is 3.92. The second kappa shape index (κ2) is 4.59. The van der Waals surface area contributed by atoms with Gasteiger partial charge in [-0.1, -0.05) is 0 Å². The Morgan fingerprint density at radius 2 is 2.29 bits per heavy atom. The average Bonchev–Trinajstić information content (AvgIpc) is 2.46. The van der Waals surface area contributed by atoms with Crippen LogP contribution in [-0.4, -0.2) is 28.8 Å². The van der Waals surface area contributed by atoms with Crippen LogP contribution in [0.3, 0.4) is 0 Å². The highest BCUT2D eigenvalue weighted by Gasteiger charge is 2.19. The van der Waals surface area contributed by atoms with Crippen molar-refractivity contribution in [1.82, 2.24) is 4.98 Å². The van der Waals surface area contributed by atoms with E-state index in [-0.39, 0.29) is 0 Å². The van der Waals surface area contributed by atoms with Crippen LogP contribution in [0.5, 0.6) is 0 Å². The van der Waals surface area contributed by atoms with Gasteiger partial charge >= 0.3 is 0 Å². The molecule has 0 aliphatic rings. The third-order valence-electron chi connectivity index (χ3n) is 1.69. The Balaban J connectivity index is 2.72. The van der Waals surface area contributed by atoms with Crippen LogP contribution in [0.1, 0.15) is 20.8 Å². The Labute approximate surface area is 96.9 Å². The predicted octanol–water partition coefficient (Wildman–Crippen LogP) is 2.50. The van der Waals surface area contributed by atoms with Gasteiger partial charge in [-0.15, -0.1) is 11.3 Å². The summed E-state index contributed by atoms with van der Waals surface area (Å²) < 4.78 is 0.853. The number of hydrogen-bond acceptors (Lipinski definition) is 4. The molecular formula is C9H15BrN2OS. The van der Waals surface area contributed by atoms with E-state index >= 15 is 0 Å². The molecular weight excluding hydrogens is 264 g/mol. The quantitative estimate of drug-likeness (QED) is 0.920. The first-order chi connectivity index (χ1) is 6.42. The molecule has 0 aromatic carbocycles. The van der Waals surface area contributed by atoms with Gasteiger partial charge in [0, 0.05) is 18.5 Å². The summed E-state index contributed by atoms with van der Waals surface area (Å²) in [5.74, 6) is 0. The smallest absolute Gasteiger partial charge is 0.186 e. The maximum atomic E-state index is 9.71. The van der Waals surface area contributed by atoms with Crippen LogP contribution in [0.15, 0.2) is 9.98 Å². The summed E-state index contributed by atoms with van der Waals surface area (Å²) in [7, 11) is 0. The zero-order valence-corrected chi connectivity index (χ0v) is 11.0. The molecule has 1 aromatic heterocycles. The first kappa shape index (κ1) is 11.9. The van der Waals surface area contributed by atoms with E-state index in [1.165, 1.54) is 0 Å². The molecule has 5 heteroatoms. The number of nitrogens with zero attached hydrogens (tertiary/aromatic N) is 2. The van der Waals surface area contributed by atoms with Crippen molar-refractivity contribution in [2.24, 2.45) is 0 Å². The van der Waals surface area contributed by atoms with Gasteiger partial charge in [0.15, 0.2) is 5.13 Å². The molecule has 1 aromatic rings. The van der Waals surface area contributed by atoms with Crippen LogP contribution in [0.4, 0.5) is 5.13 Å². The van der Waals surface area contributed by atoms with E-state index in [1.807, 2.05) is 5.38 Å². The summed E-state index contributed by atoms with van der Waals surface area (Å²) >= 11 is 4.90. The number of likely N-dealkylation sites (N-methyl/N-ethyl adjacent to an activating group) is 1. The number of halogens is 1. The van der Waals surface area contributed by atoms with E-state index in [1.54, 1.807) is 25.2 Å². The fourth-order valence-corrected chi connectivity index (χ4v) is 2.49. The molecule has 1 N–H and O–H groups in total. The SMILES string of the molecule is CCN(CC(C)(C)O)c1nc(Br)cs1. The fourth-order valence-electron chi connectivity index (χ4n) is 1.17. The minimum Gasteiger partial charge on any atom is -0.389 e. The van der Waals surface area contributed by atoms with Crippen LogP contribution < -0.4 is 4.90 Å². The van der Waals surface area contributed by atoms with Gasteiger partial charge in [-0.3, -0.25) is 0 Å². The minimum atomic E-state index is -0.686. The molecule has 0 aliphatic heterocycles. The van der Waals surface area contributed by atoms with Crippen molar-refractivity contribution in [3.8, 4) is 0 Å². The number of thiazole rings is 1. The van der Waals surface area contributed by atoms with Crippen LogP contribution in [0.2, 0.25) is 0 Å². The summed E-state index contributed by atoms with van der Waals surface area (Å²) in [5.41, 5.74) is -0.686. The molecule has 80 valence electrons. The number of aliphatic hydroxyl groups is 1. The molecule has 0 fully saturated rings. The maximum absolute atomic E-state index is 9.71. The molecule has 0 unspecified atom stereocenters. The van der Waals surface area contributed by atoms with E-state index in [0.717, 1.165) is 16.3 Å². The van der Waals surface area contributed by atoms with Gasteiger partial charge in [0.05, 0.1) is 5.60 Å². The normalized spacial score (nSPS) is 11.8. The predicted molar refractivity (Wildman–Crippen MR) is 64.0 cm³/mol. The fraction of sp³-hybridized carbons (Fsp3) is 0.667. The second-order valence-corrected chi connectivity index (χ2v) is 5.43. The van der Waals surface area contributed by atoms with E-state index < -0.39 is 5.60 Å². The summed E-state index contributed by atoms with van der Waals surface area (Å²) in [5, 5.41) is 12.6. The number of anilines is 1. The van der Waals surface area contributed by atoms with Crippen molar-refractivity contribution in [2.45, 2.75) is 26.4 Å². The van der Waals surface area contributed by atoms with E-state index in [2.05, 4.69) is 32.7 Å². The van der Waals surface area contributed by atoms with Gasteiger partial charge in [0.1, 0.15) is 4.60 Å². The third kappa shape index (κ3) is 3.55. The maximum Gasteiger partial charge on any atom is 0.186 e. The molecule has 0 saturated heterocycles. The van der Waals surface area contributed by atoms with E-state index in [4.69, 9.17) is 0 Å². The lowest BCUT2D eigenvalue weighted by Crippen LogP contribution is -2.38. The summed E-state index contributed by atoms with van der Waals surface area (Å²) in [6, 6.07) is 0. The van der Waals surface area contributed by atoms with Crippen molar-refractivity contribution < 1.29 is 5.11 Å². The molecule has 14 heavy (non-hydrogen) atoms. The van der Waals surface area contributed by atoms with Crippen molar-refractivity contribution in [2.75, 3.05) is 18.0 Å². The number of rotatable bonds is 4. The van der Waals surface area contributed by atoms with Crippen molar-refractivity contribution in [3.63, 3.8) is 0 Å². The number of hydrogen-bond donors (Lipinski definition) is 1. The van der Waals surface area contributed by atoms with Gasteiger partial charge in [-0.25, -0.2) is 4.98 Å². The van der Waals surface area contributed by atoms with Crippen molar-refractivity contribution >= 4 is 32.4 Å². The molecule has 0 radical (unpaired) electrons. The molecule has 0 saturated carbocycles. The molecule has 0 amide bonds. The monoisotopic (exact) mass is 278 g/mol.